The largest absolute Gasteiger partial charge is 0.396 e. The van der Waals surface area contributed by atoms with Gasteiger partial charge in [0.2, 0.25) is 0 Å². The molecule has 0 spiro atoms. The maximum absolute atomic E-state index is 8.94. The minimum Gasteiger partial charge on any atom is -0.396 e. The Bertz CT molecular complexity index is 317. The third-order valence-electron chi connectivity index (χ3n) is 2.12. The van der Waals surface area contributed by atoms with Crippen LogP contribution < -0.4 is 0 Å². The van der Waals surface area contributed by atoms with Crippen LogP contribution in [-0.4, -0.2) is 27.1 Å². The zero-order chi connectivity index (χ0) is 11.3. The summed E-state index contributed by atoms with van der Waals surface area (Å²) in [6.45, 7) is 4.30. The molecule has 0 aliphatic heterocycles. The van der Waals surface area contributed by atoms with E-state index in [-0.39, 0.29) is 13.2 Å². The van der Waals surface area contributed by atoms with Gasteiger partial charge in [-0.2, -0.15) is 0 Å². The van der Waals surface area contributed by atoms with Crippen molar-refractivity contribution in [1.29, 1.82) is 0 Å². The molecule has 0 aliphatic carbocycles. The molecule has 0 bridgehead atoms. The lowest BCUT2D eigenvalue weighted by Gasteiger charge is -2.11. The molecule has 1 aromatic rings. The van der Waals surface area contributed by atoms with Crippen molar-refractivity contribution in [2.24, 2.45) is 0 Å². The number of aliphatic hydroxyl groups is 2. The van der Waals surface area contributed by atoms with Gasteiger partial charge in [-0.25, -0.2) is 4.98 Å². The van der Waals surface area contributed by atoms with E-state index in [2.05, 4.69) is 11.9 Å². The smallest absolute Gasteiger partial charge is 0.0991 e. The molecule has 2 N–H and O–H groups in total. The number of aliphatic hydroxyl groups excluding tert-OH is 2. The van der Waals surface area contributed by atoms with Crippen LogP contribution in [0.3, 0.4) is 0 Å². The average molecular weight is 227 g/mol. The van der Waals surface area contributed by atoms with E-state index in [1.54, 1.807) is 18.0 Å². The predicted molar refractivity (Wildman–Crippen MR) is 61.9 cm³/mol. The van der Waals surface area contributed by atoms with Crippen LogP contribution in [0.15, 0.2) is 17.3 Å². The summed E-state index contributed by atoms with van der Waals surface area (Å²) in [6, 6.07) is 1.95. The van der Waals surface area contributed by atoms with Crippen molar-refractivity contribution in [1.82, 2.24) is 4.98 Å². The second kappa shape index (κ2) is 6.10. The molecule has 1 aromatic heterocycles. The van der Waals surface area contributed by atoms with E-state index in [1.165, 1.54) is 0 Å². The number of aromatic nitrogens is 1. The molecule has 15 heavy (non-hydrogen) atoms. The second-order valence-electron chi connectivity index (χ2n) is 3.56. The summed E-state index contributed by atoms with van der Waals surface area (Å²) in [5, 5.41) is 19.1. The zero-order valence-corrected chi connectivity index (χ0v) is 9.92. The number of thioether (sulfide) groups is 1. The topological polar surface area (TPSA) is 53.4 Å². The highest BCUT2D eigenvalue weighted by atomic mass is 32.2. The van der Waals surface area contributed by atoms with Crippen LogP contribution in [0.2, 0.25) is 0 Å². The Morgan fingerprint density at radius 1 is 1.47 bits per heavy atom. The minimum atomic E-state index is 0.0327. The van der Waals surface area contributed by atoms with E-state index >= 15 is 0 Å². The van der Waals surface area contributed by atoms with Crippen molar-refractivity contribution in [3.63, 3.8) is 0 Å². The Kier molecular flexibility index (Phi) is 5.08. The average Bonchev–Trinajstić information content (AvgIpc) is 2.21. The zero-order valence-electron chi connectivity index (χ0n) is 9.10. The quantitative estimate of drug-likeness (QED) is 0.752. The predicted octanol–water partition coefficient (Wildman–Crippen LogP) is 1.75. The molecule has 0 amide bonds. The van der Waals surface area contributed by atoms with Crippen LogP contribution in [-0.2, 0) is 6.61 Å². The molecule has 1 heterocycles. The summed E-state index contributed by atoms with van der Waals surface area (Å²) in [6.07, 6.45) is 2.47. The summed E-state index contributed by atoms with van der Waals surface area (Å²) in [4.78, 5) is 4.29. The van der Waals surface area contributed by atoms with Gasteiger partial charge in [0.1, 0.15) is 0 Å². The number of hydrogen-bond acceptors (Lipinski definition) is 4. The van der Waals surface area contributed by atoms with Crippen molar-refractivity contribution < 1.29 is 10.2 Å². The van der Waals surface area contributed by atoms with Gasteiger partial charge in [-0.3, -0.25) is 0 Å². The van der Waals surface area contributed by atoms with Crippen molar-refractivity contribution >= 4 is 11.8 Å². The van der Waals surface area contributed by atoms with Crippen molar-refractivity contribution in [2.75, 3.05) is 6.61 Å². The first-order valence-electron chi connectivity index (χ1n) is 5.01. The highest BCUT2D eigenvalue weighted by molar-refractivity contribution is 7.99. The Hall–Kier alpha value is -0.580. The fourth-order valence-corrected chi connectivity index (χ4v) is 2.22. The second-order valence-corrected chi connectivity index (χ2v) is 4.99. The van der Waals surface area contributed by atoms with E-state index in [9.17, 15) is 0 Å². The van der Waals surface area contributed by atoms with Crippen LogP contribution in [0.4, 0.5) is 0 Å². The van der Waals surface area contributed by atoms with Crippen molar-refractivity contribution in [2.45, 2.75) is 37.2 Å². The van der Waals surface area contributed by atoms with Gasteiger partial charge >= 0.3 is 0 Å². The maximum Gasteiger partial charge on any atom is 0.0991 e. The van der Waals surface area contributed by atoms with E-state index in [4.69, 9.17) is 10.2 Å². The van der Waals surface area contributed by atoms with Crippen LogP contribution in [0.25, 0.3) is 0 Å². The molecule has 3 nitrogen and oxygen atoms in total. The van der Waals surface area contributed by atoms with Gasteiger partial charge in [0.25, 0.3) is 0 Å². The molecule has 0 saturated carbocycles. The summed E-state index contributed by atoms with van der Waals surface area (Å²) >= 11 is 1.66. The van der Waals surface area contributed by atoms with Crippen molar-refractivity contribution in [3.05, 3.63) is 23.4 Å². The first kappa shape index (κ1) is 12.5. The fraction of sp³-hybridized carbons (Fsp3) is 0.545. The van der Waals surface area contributed by atoms with Crippen LogP contribution >= 0.6 is 11.8 Å². The molecular formula is C11H17NO2S. The minimum absolute atomic E-state index is 0.0327. The van der Waals surface area contributed by atoms with Gasteiger partial charge in [0.05, 0.1) is 11.6 Å². The van der Waals surface area contributed by atoms with Gasteiger partial charge in [-0.05, 0) is 30.5 Å². The third-order valence-corrected chi connectivity index (χ3v) is 3.41. The standard InChI is InChI=1S/C11H17NO2S/c1-8-5-10(7-14)6-12-11(8)15-9(2)3-4-13/h5-6,9,13-14H,3-4,7H2,1-2H3. The van der Waals surface area contributed by atoms with Crippen LogP contribution in [0.1, 0.15) is 24.5 Å². The Balaban J connectivity index is 2.69. The number of aryl methyl sites for hydroxylation is 1. The molecule has 0 aromatic carbocycles. The lowest BCUT2D eigenvalue weighted by atomic mass is 10.2. The third kappa shape index (κ3) is 3.81. The highest BCUT2D eigenvalue weighted by Crippen LogP contribution is 2.26. The molecule has 1 rings (SSSR count). The highest BCUT2D eigenvalue weighted by Gasteiger charge is 2.07. The number of hydrogen-bond donors (Lipinski definition) is 2. The number of rotatable bonds is 5. The molecule has 0 radical (unpaired) electrons. The van der Waals surface area contributed by atoms with Crippen LogP contribution in [0.5, 0.6) is 0 Å². The monoisotopic (exact) mass is 227 g/mol. The SMILES string of the molecule is Cc1cc(CO)cnc1SC(C)CCO. The summed E-state index contributed by atoms with van der Waals surface area (Å²) < 4.78 is 0. The Labute approximate surface area is 94.6 Å². The normalized spacial score (nSPS) is 12.8. The Morgan fingerprint density at radius 3 is 2.73 bits per heavy atom. The van der Waals surface area contributed by atoms with E-state index in [0.717, 1.165) is 22.6 Å². The molecule has 84 valence electrons. The van der Waals surface area contributed by atoms with E-state index in [0.29, 0.717) is 5.25 Å². The summed E-state index contributed by atoms with van der Waals surface area (Å²) in [7, 11) is 0. The van der Waals surface area contributed by atoms with Gasteiger partial charge in [-0.15, -0.1) is 11.8 Å². The molecule has 1 unspecified atom stereocenters. The molecule has 4 heteroatoms. The first-order chi connectivity index (χ1) is 7.17. The molecule has 0 aliphatic rings. The summed E-state index contributed by atoms with van der Waals surface area (Å²) in [5.74, 6) is 0. The molecular weight excluding hydrogens is 210 g/mol. The van der Waals surface area contributed by atoms with E-state index in [1.807, 2.05) is 13.0 Å². The molecule has 0 fully saturated rings. The van der Waals surface area contributed by atoms with Gasteiger partial charge in [-0.1, -0.05) is 6.92 Å². The number of pyridine rings is 1. The molecule has 0 saturated heterocycles. The van der Waals surface area contributed by atoms with Gasteiger partial charge < -0.3 is 10.2 Å². The first-order valence-corrected chi connectivity index (χ1v) is 5.89. The van der Waals surface area contributed by atoms with E-state index < -0.39 is 0 Å². The lowest BCUT2D eigenvalue weighted by molar-refractivity contribution is 0.281. The van der Waals surface area contributed by atoms with Crippen LogP contribution in [0, 0.1) is 6.92 Å². The fourth-order valence-electron chi connectivity index (χ4n) is 1.26. The Morgan fingerprint density at radius 2 is 2.20 bits per heavy atom. The van der Waals surface area contributed by atoms with Crippen molar-refractivity contribution in [3.8, 4) is 0 Å². The lowest BCUT2D eigenvalue weighted by Crippen LogP contribution is -2.01. The summed E-state index contributed by atoms with van der Waals surface area (Å²) in [5.41, 5.74) is 1.92. The molecule has 1 atom stereocenters. The maximum atomic E-state index is 8.94. The number of nitrogens with zero attached hydrogens (tertiary/aromatic N) is 1. The van der Waals surface area contributed by atoms with Gasteiger partial charge in [0.15, 0.2) is 0 Å². The van der Waals surface area contributed by atoms with Gasteiger partial charge in [0, 0.05) is 18.1 Å².